The number of nitrogens with zero attached hydrogens (tertiary/aromatic N) is 1. The first-order valence-electron chi connectivity index (χ1n) is 11.8. The number of benzene rings is 3. The van der Waals surface area contributed by atoms with E-state index in [2.05, 4.69) is 16.1 Å². The van der Waals surface area contributed by atoms with Gasteiger partial charge in [-0.2, -0.15) is 0 Å². The van der Waals surface area contributed by atoms with E-state index in [9.17, 15) is 19.2 Å². The summed E-state index contributed by atoms with van der Waals surface area (Å²) in [6.07, 6.45) is 1.88. The lowest BCUT2D eigenvalue weighted by Gasteiger charge is -2.24. The molecular weight excluding hydrogens is 474 g/mol. The molecule has 10 nitrogen and oxygen atoms in total. The van der Waals surface area contributed by atoms with Crippen LogP contribution in [0.4, 0.5) is 11.4 Å². The van der Waals surface area contributed by atoms with Gasteiger partial charge in [0.1, 0.15) is 5.75 Å². The number of carbonyl (C=O) groups is 4. The summed E-state index contributed by atoms with van der Waals surface area (Å²) >= 11 is 0. The van der Waals surface area contributed by atoms with E-state index in [0.29, 0.717) is 40.4 Å². The Balaban J connectivity index is 1.24. The summed E-state index contributed by atoms with van der Waals surface area (Å²) < 4.78 is 5.46. The molecule has 2 aliphatic rings. The number of anilines is 2. The van der Waals surface area contributed by atoms with Gasteiger partial charge in [-0.3, -0.25) is 24.6 Å². The van der Waals surface area contributed by atoms with Gasteiger partial charge in [0, 0.05) is 35.0 Å². The Morgan fingerprint density at radius 2 is 1.57 bits per heavy atom. The van der Waals surface area contributed by atoms with E-state index in [-0.39, 0.29) is 30.4 Å². The summed E-state index contributed by atoms with van der Waals surface area (Å²) in [4.78, 5) is 50.9. The number of amides is 4. The van der Waals surface area contributed by atoms with Crippen molar-refractivity contribution in [2.75, 3.05) is 17.2 Å². The number of rotatable bonds is 7. The normalized spacial score (nSPS) is 14.0. The first-order chi connectivity index (χ1) is 17.9. The van der Waals surface area contributed by atoms with E-state index in [4.69, 9.17) is 10.6 Å². The topological polar surface area (TPSA) is 143 Å². The second-order valence-electron chi connectivity index (χ2n) is 8.91. The molecule has 1 aliphatic carbocycles. The largest absolute Gasteiger partial charge is 0.482 e. The van der Waals surface area contributed by atoms with Gasteiger partial charge in [0.2, 0.25) is 0 Å². The van der Waals surface area contributed by atoms with Gasteiger partial charge in [-0.15, -0.1) is 0 Å². The van der Waals surface area contributed by atoms with E-state index in [1.54, 1.807) is 54.6 Å². The Morgan fingerprint density at radius 1 is 0.919 bits per heavy atom. The third-order valence-electron chi connectivity index (χ3n) is 6.22. The number of carbonyl (C=O) groups excluding carboxylic acids is 4. The van der Waals surface area contributed by atoms with Crippen molar-refractivity contribution in [3.8, 4) is 5.75 Å². The van der Waals surface area contributed by atoms with Crippen LogP contribution in [-0.2, 0) is 11.3 Å². The standard InChI is InChI=1S/C27H25N5O5/c28-31-26(35)18-5-8-20(9-6-18)29-25(34)17-3-1-16(2-4-17)14-32(21-10-11-21)27(36)19-7-12-22-23(13-19)37-15-24(33)30-22/h1-9,12-13,21H,10-11,14-15,28H2,(H,29,34)(H,30,33)(H,31,35). The summed E-state index contributed by atoms with van der Waals surface area (Å²) in [5.41, 5.74) is 5.39. The van der Waals surface area contributed by atoms with Gasteiger partial charge >= 0.3 is 0 Å². The average Bonchev–Trinajstić information content (AvgIpc) is 3.77. The van der Waals surface area contributed by atoms with Crippen LogP contribution in [0.3, 0.4) is 0 Å². The molecule has 0 unspecified atom stereocenters. The Morgan fingerprint density at radius 3 is 2.24 bits per heavy atom. The molecule has 0 saturated heterocycles. The molecule has 3 aromatic carbocycles. The van der Waals surface area contributed by atoms with Crippen molar-refractivity contribution in [1.29, 1.82) is 0 Å². The molecule has 5 N–H and O–H groups in total. The van der Waals surface area contributed by atoms with Crippen molar-refractivity contribution in [2.24, 2.45) is 5.84 Å². The maximum atomic E-state index is 13.3. The molecule has 1 heterocycles. The molecule has 188 valence electrons. The minimum atomic E-state index is -0.416. The number of nitrogens with one attached hydrogen (secondary N) is 3. The van der Waals surface area contributed by atoms with Crippen LogP contribution in [0.25, 0.3) is 0 Å². The molecule has 0 bridgehead atoms. The van der Waals surface area contributed by atoms with Crippen LogP contribution in [0.5, 0.6) is 5.75 Å². The molecule has 1 saturated carbocycles. The number of nitrogen functional groups attached to an aromatic ring is 1. The molecule has 3 aromatic rings. The van der Waals surface area contributed by atoms with Crippen LogP contribution in [0, 0.1) is 0 Å². The van der Waals surface area contributed by atoms with Crippen LogP contribution in [0.1, 0.15) is 49.5 Å². The SMILES string of the molecule is NNC(=O)c1ccc(NC(=O)c2ccc(CN(C(=O)c3ccc4c(c3)OCC(=O)N4)C3CC3)cc2)cc1. The van der Waals surface area contributed by atoms with Gasteiger partial charge in [0.25, 0.3) is 23.6 Å². The number of nitrogens with two attached hydrogens (primary N) is 1. The number of hydrogen-bond donors (Lipinski definition) is 4. The highest BCUT2D eigenvalue weighted by molar-refractivity contribution is 6.04. The zero-order valence-corrected chi connectivity index (χ0v) is 19.8. The smallest absolute Gasteiger partial charge is 0.265 e. The fraction of sp³-hybridized carbons (Fsp3) is 0.185. The van der Waals surface area contributed by atoms with E-state index < -0.39 is 5.91 Å². The van der Waals surface area contributed by atoms with Crippen molar-refractivity contribution in [3.63, 3.8) is 0 Å². The predicted molar refractivity (Wildman–Crippen MR) is 136 cm³/mol. The fourth-order valence-corrected chi connectivity index (χ4v) is 4.08. The third kappa shape index (κ3) is 5.44. The van der Waals surface area contributed by atoms with Gasteiger partial charge in [-0.25, -0.2) is 5.84 Å². The fourth-order valence-electron chi connectivity index (χ4n) is 4.08. The molecule has 0 radical (unpaired) electrons. The maximum absolute atomic E-state index is 13.3. The van der Waals surface area contributed by atoms with Gasteiger partial charge in [0.15, 0.2) is 6.61 Å². The van der Waals surface area contributed by atoms with Crippen molar-refractivity contribution in [1.82, 2.24) is 10.3 Å². The number of ether oxygens (including phenoxy) is 1. The lowest BCUT2D eigenvalue weighted by Crippen LogP contribution is -2.33. The van der Waals surface area contributed by atoms with E-state index in [1.807, 2.05) is 17.0 Å². The minimum Gasteiger partial charge on any atom is -0.482 e. The lowest BCUT2D eigenvalue weighted by atomic mass is 10.1. The van der Waals surface area contributed by atoms with Crippen molar-refractivity contribution in [2.45, 2.75) is 25.4 Å². The number of hydrazine groups is 1. The molecule has 0 spiro atoms. The van der Waals surface area contributed by atoms with E-state index in [0.717, 1.165) is 18.4 Å². The summed E-state index contributed by atoms with van der Waals surface area (Å²) in [6, 6.07) is 18.7. The van der Waals surface area contributed by atoms with Gasteiger partial charge in [-0.05, 0) is 73.0 Å². The average molecular weight is 500 g/mol. The molecular formula is C27H25N5O5. The molecule has 4 amide bonds. The number of fused-ring (bicyclic) bond motifs is 1. The number of hydrogen-bond acceptors (Lipinski definition) is 6. The Labute approximate surface area is 212 Å². The molecule has 0 atom stereocenters. The summed E-state index contributed by atoms with van der Waals surface area (Å²) in [5.74, 6) is 4.56. The quantitative estimate of drug-likeness (QED) is 0.224. The Bertz CT molecular complexity index is 1370. The first-order valence-corrected chi connectivity index (χ1v) is 11.8. The zero-order valence-electron chi connectivity index (χ0n) is 19.8. The monoisotopic (exact) mass is 499 g/mol. The van der Waals surface area contributed by atoms with Gasteiger partial charge in [0.05, 0.1) is 5.69 Å². The zero-order chi connectivity index (χ0) is 25.9. The van der Waals surface area contributed by atoms with E-state index >= 15 is 0 Å². The second kappa shape index (κ2) is 10.1. The van der Waals surface area contributed by atoms with Crippen LogP contribution >= 0.6 is 0 Å². The summed E-state index contributed by atoms with van der Waals surface area (Å²) in [5, 5.41) is 5.52. The van der Waals surface area contributed by atoms with Gasteiger partial charge < -0.3 is 20.3 Å². The molecule has 5 rings (SSSR count). The lowest BCUT2D eigenvalue weighted by molar-refractivity contribution is -0.118. The highest BCUT2D eigenvalue weighted by Crippen LogP contribution is 2.33. The van der Waals surface area contributed by atoms with Crippen LogP contribution in [0.2, 0.25) is 0 Å². The highest BCUT2D eigenvalue weighted by atomic mass is 16.5. The Hall–Kier alpha value is -4.70. The second-order valence-corrected chi connectivity index (χ2v) is 8.91. The molecule has 37 heavy (non-hydrogen) atoms. The summed E-state index contributed by atoms with van der Waals surface area (Å²) in [6.45, 7) is 0.332. The van der Waals surface area contributed by atoms with Crippen LogP contribution < -0.4 is 26.6 Å². The van der Waals surface area contributed by atoms with Crippen molar-refractivity contribution < 1.29 is 23.9 Å². The molecule has 1 fully saturated rings. The Kier molecular flexibility index (Phi) is 6.57. The minimum absolute atomic E-state index is 0.0757. The van der Waals surface area contributed by atoms with Crippen LogP contribution in [0.15, 0.2) is 66.7 Å². The van der Waals surface area contributed by atoms with Crippen LogP contribution in [-0.4, -0.2) is 41.2 Å². The molecule has 1 aliphatic heterocycles. The maximum Gasteiger partial charge on any atom is 0.265 e. The highest BCUT2D eigenvalue weighted by Gasteiger charge is 2.33. The summed E-state index contributed by atoms with van der Waals surface area (Å²) in [7, 11) is 0. The van der Waals surface area contributed by atoms with Crippen molar-refractivity contribution >= 4 is 35.0 Å². The molecule has 10 heteroatoms. The third-order valence-corrected chi connectivity index (χ3v) is 6.22. The predicted octanol–water partition coefficient (Wildman–Crippen LogP) is 2.68. The first kappa shape index (κ1) is 24.0. The van der Waals surface area contributed by atoms with E-state index in [1.165, 1.54) is 0 Å². The van der Waals surface area contributed by atoms with Crippen molar-refractivity contribution in [3.05, 3.63) is 89.0 Å². The molecule has 0 aromatic heterocycles. The van der Waals surface area contributed by atoms with Gasteiger partial charge in [-0.1, -0.05) is 12.1 Å².